The van der Waals surface area contributed by atoms with Gasteiger partial charge in [0.15, 0.2) is 0 Å². The molecule has 0 aliphatic carbocycles. The molecule has 0 heterocycles. The van der Waals surface area contributed by atoms with Crippen LogP contribution < -0.4 is 9.47 Å². The molecule has 1 atom stereocenters. The standard InChI is InChI=1S/C17H19BrO3/c1-13(19)16-9-8-14(18)12-17(16)21-11-5-10-20-15-6-3-2-4-7-15/h2-4,6-9,12-13,19H,5,10-11H2,1H3. The Bertz CT molecular complexity index is 555. The van der Waals surface area contributed by atoms with E-state index in [4.69, 9.17) is 9.47 Å². The van der Waals surface area contributed by atoms with Gasteiger partial charge in [0.05, 0.1) is 19.3 Å². The highest BCUT2D eigenvalue weighted by atomic mass is 79.9. The Morgan fingerprint density at radius 1 is 1.05 bits per heavy atom. The van der Waals surface area contributed by atoms with Gasteiger partial charge in [-0.25, -0.2) is 0 Å². The molecule has 0 amide bonds. The fraction of sp³-hybridized carbons (Fsp3) is 0.294. The van der Waals surface area contributed by atoms with Crippen molar-refractivity contribution in [3.63, 3.8) is 0 Å². The van der Waals surface area contributed by atoms with E-state index in [9.17, 15) is 5.11 Å². The van der Waals surface area contributed by atoms with E-state index in [1.165, 1.54) is 0 Å². The van der Waals surface area contributed by atoms with E-state index in [2.05, 4.69) is 15.9 Å². The maximum absolute atomic E-state index is 9.73. The molecule has 0 bridgehead atoms. The summed E-state index contributed by atoms with van der Waals surface area (Å²) in [4.78, 5) is 0. The predicted molar refractivity (Wildman–Crippen MR) is 86.8 cm³/mol. The van der Waals surface area contributed by atoms with Crippen molar-refractivity contribution in [2.45, 2.75) is 19.4 Å². The highest BCUT2D eigenvalue weighted by Crippen LogP contribution is 2.28. The fourth-order valence-corrected chi connectivity index (χ4v) is 2.27. The second kappa shape index (κ2) is 8.05. The second-order valence-electron chi connectivity index (χ2n) is 4.72. The van der Waals surface area contributed by atoms with E-state index in [1.54, 1.807) is 6.92 Å². The summed E-state index contributed by atoms with van der Waals surface area (Å²) in [7, 11) is 0. The van der Waals surface area contributed by atoms with Gasteiger partial charge in [-0.15, -0.1) is 0 Å². The average Bonchev–Trinajstić information content (AvgIpc) is 2.48. The molecule has 112 valence electrons. The van der Waals surface area contributed by atoms with Crippen LogP contribution >= 0.6 is 15.9 Å². The Balaban J connectivity index is 1.79. The molecule has 2 aromatic rings. The zero-order valence-electron chi connectivity index (χ0n) is 12.0. The van der Waals surface area contributed by atoms with Crippen molar-refractivity contribution in [1.82, 2.24) is 0 Å². The van der Waals surface area contributed by atoms with Gasteiger partial charge >= 0.3 is 0 Å². The lowest BCUT2D eigenvalue weighted by molar-refractivity contribution is 0.188. The SMILES string of the molecule is CC(O)c1ccc(Br)cc1OCCCOc1ccccc1. The molecule has 0 spiro atoms. The largest absolute Gasteiger partial charge is 0.493 e. The van der Waals surface area contributed by atoms with Crippen LogP contribution in [0.15, 0.2) is 53.0 Å². The normalized spacial score (nSPS) is 12.0. The average molecular weight is 351 g/mol. The fourth-order valence-electron chi connectivity index (χ4n) is 1.93. The summed E-state index contributed by atoms with van der Waals surface area (Å²) in [5.74, 6) is 1.57. The molecule has 0 radical (unpaired) electrons. The minimum Gasteiger partial charge on any atom is -0.493 e. The first-order valence-corrected chi connectivity index (χ1v) is 7.74. The number of hydrogen-bond acceptors (Lipinski definition) is 3. The number of rotatable bonds is 7. The zero-order valence-corrected chi connectivity index (χ0v) is 13.5. The van der Waals surface area contributed by atoms with E-state index in [-0.39, 0.29) is 0 Å². The molecular weight excluding hydrogens is 332 g/mol. The number of aliphatic hydroxyl groups excluding tert-OH is 1. The van der Waals surface area contributed by atoms with E-state index < -0.39 is 6.10 Å². The van der Waals surface area contributed by atoms with Crippen LogP contribution in [0.4, 0.5) is 0 Å². The van der Waals surface area contributed by atoms with Gasteiger partial charge in [-0.1, -0.05) is 40.2 Å². The lowest BCUT2D eigenvalue weighted by Gasteiger charge is -2.14. The first kappa shape index (κ1) is 15.9. The van der Waals surface area contributed by atoms with E-state index in [0.29, 0.717) is 19.0 Å². The lowest BCUT2D eigenvalue weighted by atomic mass is 10.1. The van der Waals surface area contributed by atoms with Gasteiger partial charge in [-0.05, 0) is 31.2 Å². The first-order chi connectivity index (χ1) is 10.2. The summed E-state index contributed by atoms with van der Waals surface area (Å²) in [5, 5.41) is 9.73. The number of halogens is 1. The smallest absolute Gasteiger partial charge is 0.126 e. The molecule has 4 heteroatoms. The Hall–Kier alpha value is -1.52. The van der Waals surface area contributed by atoms with Crippen LogP contribution in [0.1, 0.15) is 25.0 Å². The Morgan fingerprint density at radius 2 is 1.76 bits per heavy atom. The van der Waals surface area contributed by atoms with Gasteiger partial charge in [0.2, 0.25) is 0 Å². The van der Waals surface area contributed by atoms with Crippen LogP contribution in [0.2, 0.25) is 0 Å². The predicted octanol–water partition coefficient (Wildman–Crippen LogP) is 4.35. The number of ether oxygens (including phenoxy) is 2. The zero-order chi connectivity index (χ0) is 15.1. The molecule has 0 saturated heterocycles. The molecule has 2 rings (SSSR count). The molecule has 0 aromatic heterocycles. The van der Waals surface area contributed by atoms with Crippen LogP contribution in [-0.2, 0) is 0 Å². The Labute approximate surface area is 133 Å². The van der Waals surface area contributed by atoms with Crippen molar-refractivity contribution in [3.8, 4) is 11.5 Å². The van der Waals surface area contributed by atoms with E-state index in [1.807, 2.05) is 48.5 Å². The highest BCUT2D eigenvalue weighted by Gasteiger charge is 2.09. The second-order valence-corrected chi connectivity index (χ2v) is 5.64. The highest BCUT2D eigenvalue weighted by molar-refractivity contribution is 9.10. The maximum Gasteiger partial charge on any atom is 0.126 e. The number of benzene rings is 2. The van der Waals surface area contributed by atoms with Crippen molar-refractivity contribution in [1.29, 1.82) is 0 Å². The molecule has 1 unspecified atom stereocenters. The van der Waals surface area contributed by atoms with Gasteiger partial charge in [0, 0.05) is 16.5 Å². The van der Waals surface area contributed by atoms with Gasteiger partial charge in [0.1, 0.15) is 11.5 Å². The number of aliphatic hydroxyl groups is 1. The quantitative estimate of drug-likeness (QED) is 0.754. The van der Waals surface area contributed by atoms with Crippen LogP contribution in [0, 0.1) is 0 Å². The monoisotopic (exact) mass is 350 g/mol. The topological polar surface area (TPSA) is 38.7 Å². The van der Waals surface area contributed by atoms with Crippen LogP contribution in [0.25, 0.3) is 0 Å². The van der Waals surface area contributed by atoms with Crippen molar-refractivity contribution in [2.75, 3.05) is 13.2 Å². The van der Waals surface area contributed by atoms with Crippen molar-refractivity contribution in [3.05, 3.63) is 58.6 Å². The maximum atomic E-state index is 9.73. The summed E-state index contributed by atoms with van der Waals surface area (Å²) in [6.45, 7) is 2.87. The lowest BCUT2D eigenvalue weighted by Crippen LogP contribution is -2.07. The minimum atomic E-state index is -0.548. The molecule has 3 nitrogen and oxygen atoms in total. The van der Waals surface area contributed by atoms with Crippen LogP contribution in [0.3, 0.4) is 0 Å². The van der Waals surface area contributed by atoms with Crippen molar-refractivity contribution < 1.29 is 14.6 Å². The third kappa shape index (κ3) is 5.06. The van der Waals surface area contributed by atoms with Gasteiger partial charge in [-0.3, -0.25) is 0 Å². The summed E-state index contributed by atoms with van der Waals surface area (Å²) in [6.07, 6.45) is 0.231. The van der Waals surface area contributed by atoms with E-state index in [0.717, 1.165) is 22.2 Å². The van der Waals surface area contributed by atoms with Crippen LogP contribution in [0.5, 0.6) is 11.5 Å². The molecule has 1 N–H and O–H groups in total. The summed E-state index contributed by atoms with van der Waals surface area (Å²) in [5.41, 5.74) is 0.794. The van der Waals surface area contributed by atoms with Crippen molar-refractivity contribution in [2.24, 2.45) is 0 Å². The number of hydrogen-bond donors (Lipinski definition) is 1. The first-order valence-electron chi connectivity index (χ1n) is 6.95. The van der Waals surface area contributed by atoms with Gasteiger partial charge in [-0.2, -0.15) is 0 Å². The molecule has 0 fully saturated rings. The molecule has 21 heavy (non-hydrogen) atoms. The third-order valence-corrected chi connectivity index (χ3v) is 3.48. The number of para-hydroxylation sites is 1. The molecule has 0 aliphatic heterocycles. The van der Waals surface area contributed by atoms with Gasteiger partial charge in [0.25, 0.3) is 0 Å². The minimum absolute atomic E-state index is 0.545. The van der Waals surface area contributed by atoms with Crippen molar-refractivity contribution >= 4 is 15.9 Å². The Morgan fingerprint density at radius 3 is 2.48 bits per heavy atom. The molecule has 0 saturated carbocycles. The van der Waals surface area contributed by atoms with E-state index >= 15 is 0 Å². The Kier molecular flexibility index (Phi) is 6.08. The molecular formula is C17H19BrO3. The summed E-state index contributed by atoms with van der Waals surface area (Å²) in [6, 6.07) is 15.4. The summed E-state index contributed by atoms with van der Waals surface area (Å²) < 4.78 is 12.3. The molecule has 0 aliphatic rings. The third-order valence-electron chi connectivity index (χ3n) is 2.98. The summed E-state index contributed by atoms with van der Waals surface area (Å²) >= 11 is 3.41. The molecule has 2 aromatic carbocycles. The van der Waals surface area contributed by atoms with Gasteiger partial charge < -0.3 is 14.6 Å². The van der Waals surface area contributed by atoms with Crippen LogP contribution in [-0.4, -0.2) is 18.3 Å².